The number of hydrogen-bond donors (Lipinski definition) is 0. The topological polar surface area (TPSA) is 38.2 Å². The van der Waals surface area contributed by atoms with Crippen molar-refractivity contribution in [3.8, 4) is 0 Å². The zero-order valence-corrected chi connectivity index (χ0v) is 14.2. The molecule has 0 radical (unpaired) electrons. The molecule has 2 rings (SSSR count). The molecular formula is C15H27N3OS. The minimum absolute atomic E-state index is 0.0294. The fraction of sp³-hybridized carbons (Fsp3) is 0.867. The molecule has 0 aromatic carbocycles. The van der Waals surface area contributed by atoms with Gasteiger partial charge in [0, 0.05) is 36.6 Å². The van der Waals surface area contributed by atoms with Crippen LogP contribution in [0.3, 0.4) is 0 Å². The number of aromatic nitrogens is 2. The molecule has 4 nitrogen and oxygen atoms in total. The normalized spacial score (nSPS) is 20.1. The maximum atomic E-state index is 5.95. The number of rotatable bonds is 5. The Bertz CT molecular complexity index is 425. The van der Waals surface area contributed by atoms with Crippen LogP contribution in [0.4, 0.5) is 5.13 Å². The van der Waals surface area contributed by atoms with Gasteiger partial charge in [-0.3, -0.25) is 0 Å². The van der Waals surface area contributed by atoms with Crippen molar-refractivity contribution in [2.75, 3.05) is 24.6 Å². The van der Waals surface area contributed by atoms with E-state index in [0.29, 0.717) is 12.0 Å². The smallest absolute Gasteiger partial charge is 0.205 e. The summed E-state index contributed by atoms with van der Waals surface area (Å²) in [6, 6.07) is 0. The summed E-state index contributed by atoms with van der Waals surface area (Å²) in [5, 5.41) is 1.05. The van der Waals surface area contributed by atoms with Gasteiger partial charge in [-0.15, -0.1) is 0 Å². The van der Waals surface area contributed by atoms with E-state index in [2.05, 4.69) is 48.9 Å². The van der Waals surface area contributed by atoms with Crippen molar-refractivity contribution < 1.29 is 4.74 Å². The average Bonchev–Trinajstić information content (AvgIpc) is 2.94. The van der Waals surface area contributed by atoms with E-state index in [1.165, 1.54) is 11.5 Å². The van der Waals surface area contributed by atoms with Crippen molar-refractivity contribution in [1.29, 1.82) is 0 Å². The van der Waals surface area contributed by atoms with Crippen molar-refractivity contribution >= 4 is 16.7 Å². The molecule has 0 N–H and O–H groups in total. The predicted molar refractivity (Wildman–Crippen MR) is 84.6 cm³/mol. The standard InChI is InChI=1S/C15H27N3OS/c1-11(2)7-9-19-12-6-8-18(10-12)14-16-13(17-20-14)15(3,4)5/h11-12H,6-10H2,1-5H3. The van der Waals surface area contributed by atoms with Crippen LogP contribution in [-0.2, 0) is 10.2 Å². The van der Waals surface area contributed by atoms with Crippen molar-refractivity contribution in [1.82, 2.24) is 9.36 Å². The molecule has 1 aromatic heterocycles. The minimum Gasteiger partial charge on any atom is -0.376 e. The summed E-state index contributed by atoms with van der Waals surface area (Å²) < 4.78 is 10.4. The van der Waals surface area contributed by atoms with Gasteiger partial charge < -0.3 is 9.64 Å². The van der Waals surface area contributed by atoms with Crippen LogP contribution in [0.2, 0.25) is 0 Å². The molecule has 1 atom stereocenters. The Kier molecular flexibility index (Phi) is 5.02. The second kappa shape index (κ2) is 6.39. The molecule has 5 heteroatoms. The Hall–Kier alpha value is -0.680. The Morgan fingerprint density at radius 1 is 1.40 bits per heavy atom. The van der Waals surface area contributed by atoms with E-state index in [4.69, 9.17) is 4.74 Å². The molecule has 0 aliphatic carbocycles. The highest BCUT2D eigenvalue weighted by atomic mass is 32.1. The average molecular weight is 297 g/mol. The molecule has 1 aromatic rings. The van der Waals surface area contributed by atoms with Gasteiger partial charge in [-0.25, -0.2) is 4.98 Å². The molecule has 114 valence electrons. The summed E-state index contributed by atoms with van der Waals surface area (Å²) in [6.45, 7) is 13.8. The molecular weight excluding hydrogens is 270 g/mol. The summed E-state index contributed by atoms with van der Waals surface area (Å²) in [7, 11) is 0. The van der Waals surface area contributed by atoms with Crippen LogP contribution in [0.25, 0.3) is 0 Å². The zero-order chi connectivity index (χ0) is 14.8. The van der Waals surface area contributed by atoms with Gasteiger partial charge in [0.25, 0.3) is 0 Å². The van der Waals surface area contributed by atoms with Gasteiger partial charge in [0.05, 0.1) is 6.10 Å². The fourth-order valence-corrected chi connectivity index (χ4v) is 3.05. The summed E-state index contributed by atoms with van der Waals surface area (Å²) in [5.74, 6) is 1.66. The zero-order valence-electron chi connectivity index (χ0n) is 13.3. The molecule has 0 bridgehead atoms. The Morgan fingerprint density at radius 3 is 2.75 bits per heavy atom. The van der Waals surface area contributed by atoms with E-state index in [1.54, 1.807) is 0 Å². The first-order chi connectivity index (χ1) is 9.36. The van der Waals surface area contributed by atoms with Crippen LogP contribution >= 0.6 is 11.5 Å². The highest BCUT2D eigenvalue weighted by Gasteiger charge is 2.27. The predicted octanol–water partition coefficient (Wildman–Crippen LogP) is 3.48. The molecule has 0 spiro atoms. The van der Waals surface area contributed by atoms with E-state index >= 15 is 0 Å². The van der Waals surface area contributed by atoms with Gasteiger partial charge in [-0.1, -0.05) is 34.6 Å². The van der Waals surface area contributed by atoms with Crippen LogP contribution in [-0.4, -0.2) is 35.2 Å². The van der Waals surface area contributed by atoms with Crippen molar-refractivity contribution in [2.45, 2.75) is 59.0 Å². The lowest BCUT2D eigenvalue weighted by molar-refractivity contribution is 0.0609. The highest BCUT2D eigenvalue weighted by Crippen LogP contribution is 2.28. The third-order valence-electron chi connectivity index (χ3n) is 3.55. The molecule has 0 saturated carbocycles. The van der Waals surface area contributed by atoms with Crippen LogP contribution in [0.5, 0.6) is 0 Å². The Balaban J connectivity index is 1.85. The second-order valence-electron chi connectivity index (χ2n) is 7.06. The molecule has 1 saturated heterocycles. The van der Waals surface area contributed by atoms with Gasteiger partial charge in [0.1, 0.15) is 5.82 Å². The lowest BCUT2D eigenvalue weighted by Crippen LogP contribution is -2.23. The third kappa shape index (κ3) is 4.16. The first-order valence-electron chi connectivity index (χ1n) is 7.57. The maximum Gasteiger partial charge on any atom is 0.205 e. The fourth-order valence-electron chi connectivity index (χ4n) is 2.16. The largest absolute Gasteiger partial charge is 0.376 e. The Labute approximate surface area is 126 Å². The molecule has 1 aliphatic heterocycles. The van der Waals surface area contributed by atoms with Crippen molar-refractivity contribution in [3.63, 3.8) is 0 Å². The summed E-state index contributed by atoms with van der Waals surface area (Å²) in [5.41, 5.74) is 0.0294. The molecule has 0 amide bonds. The first kappa shape index (κ1) is 15.7. The number of anilines is 1. The van der Waals surface area contributed by atoms with Crippen LogP contribution in [0.1, 0.15) is 53.3 Å². The SMILES string of the molecule is CC(C)CCOC1CCN(c2nc(C(C)(C)C)ns2)C1. The number of nitrogens with zero attached hydrogens (tertiary/aromatic N) is 3. The van der Waals surface area contributed by atoms with E-state index in [-0.39, 0.29) is 5.41 Å². The highest BCUT2D eigenvalue weighted by molar-refractivity contribution is 7.09. The van der Waals surface area contributed by atoms with E-state index in [1.807, 2.05) is 0 Å². The van der Waals surface area contributed by atoms with E-state index in [0.717, 1.165) is 43.5 Å². The monoisotopic (exact) mass is 297 g/mol. The van der Waals surface area contributed by atoms with Crippen molar-refractivity contribution in [2.24, 2.45) is 5.92 Å². The Morgan fingerprint density at radius 2 is 2.15 bits per heavy atom. The molecule has 1 fully saturated rings. The lowest BCUT2D eigenvalue weighted by atomic mass is 9.96. The van der Waals surface area contributed by atoms with Crippen molar-refractivity contribution in [3.05, 3.63) is 5.82 Å². The van der Waals surface area contributed by atoms with Crippen LogP contribution in [0.15, 0.2) is 0 Å². The van der Waals surface area contributed by atoms with Gasteiger partial charge in [0.15, 0.2) is 0 Å². The van der Waals surface area contributed by atoms with Gasteiger partial charge in [0.2, 0.25) is 5.13 Å². The van der Waals surface area contributed by atoms with Gasteiger partial charge >= 0.3 is 0 Å². The minimum atomic E-state index is 0.0294. The van der Waals surface area contributed by atoms with Gasteiger partial charge in [-0.2, -0.15) is 4.37 Å². The maximum absolute atomic E-state index is 5.95. The van der Waals surface area contributed by atoms with E-state index < -0.39 is 0 Å². The number of ether oxygens (including phenoxy) is 1. The summed E-state index contributed by atoms with van der Waals surface area (Å²) in [6.07, 6.45) is 2.60. The molecule has 1 unspecified atom stereocenters. The van der Waals surface area contributed by atoms with Gasteiger partial charge in [-0.05, 0) is 18.8 Å². The quantitative estimate of drug-likeness (QED) is 0.834. The van der Waals surface area contributed by atoms with Crippen LogP contribution in [0, 0.1) is 5.92 Å². The summed E-state index contributed by atoms with van der Waals surface area (Å²) >= 11 is 1.51. The first-order valence-corrected chi connectivity index (χ1v) is 8.34. The molecule has 20 heavy (non-hydrogen) atoms. The molecule has 2 heterocycles. The number of hydrogen-bond acceptors (Lipinski definition) is 5. The summed E-state index contributed by atoms with van der Waals surface area (Å²) in [4.78, 5) is 7.00. The molecule has 1 aliphatic rings. The lowest BCUT2D eigenvalue weighted by Gasteiger charge is -2.16. The van der Waals surface area contributed by atoms with E-state index in [9.17, 15) is 0 Å². The second-order valence-corrected chi connectivity index (χ2v) is 7.79. The third-order valence-corrected chi connectivity index (χ3v) is 4.33. The van der Waals surface area contributed by atoms with Crippen LogP contribution < -0.4 is 4.90 Å².